The van der Waals surface area contributed by atoms with Crippen molar-refractivity contribution in [3.05, 3.63) is 12.8 Å². The number of rotatable bonds is 16. The minimum Gasteiger partial charge on any atom is -0.396 e. The molecule has 324 valence electrons. The standard InChI is InChI=1S/C29H51N3O6.C8H13NO.C5H12O3/c1-23(30-17-11-5-8-14-26(30)33)36-20-29(4,21-37-24(2)31-18-12-6-9-15-27(31)34)22-38-25(3)32-19-13-7-10-16-28(32)35;1-2-9-7-5-3-4-6-8(9)10;1-5(2-6,3-7)4-8/h23-25H,5-22H2,1-4H3;2H,1,3-7H2;6-8H,2-4H2,1H3. The van der Waals surface area contributed by atoms with E-state index < -0.39 is 10.8 Å². The van der Waals surface area contributed by atoms with Gasteiger partial charge in [-0.05, 0) is 78.3 Å². The average molecular weight is 797 g/mol. The van der Waals surface area contributed by atoms with Gasteiger partial charge in [-0.15, -0.1) is 0 Å². The molecule has 3 unspecified atom stereocenters. The van der Waals surface area contributed by atoms with E-state index in [1.54, 1.807) is 18.0 Å². The number of amides is 4. The lowest BCUT2D eigenvalue weighted by Crippen LogP contribution is -2.47. The molecule has 3 N–H and O–H groups in total. The molecule has 0 radical (unpaired) electrons. The van der Waals surface area contributed by atoms with Crippen molar-refractivity contribution < 1.29 is 48.7 Å². The molecule has 14 nitrogen and oxygen atoms in total. The highest BCUT2D eigenvalue weighted by atomic mass is 16.5. The monoisotopic (exact) mass is 797 g/mol. The zero-order valence-corrected chi connectivity index (χ0v) is 35.4. The van der Waals surface area contributed by atoms with E-state index in [1.807, 2.05) is 35.5 Å². The molecule has 0 aromatic heterocycles. The van der Waals surface area contributed by atoms with Crippen LogP contribution >= 0.6 is 0 Å². The third-order valence-corrected chi connectivity index (χ3v) is 11.1. The number of nitrogens with zero attached hydrogens (tertiary/aromatic N) is 4. The number of hydrogen-bond acceptors (Lipinski definition) is 10. The quantitative estimate of drug-likeness (QED) is 0.198. The summed E-state index contributed by atoms with van der Waals surface area (Å²) in [6.45, 7) is 16.5. The number of carbonyl (C=O) groups is 4. The van der Waals surface area contributed by atoms with Gasteiger partial charge in [0.2, 0.25) is 23.6 Å². The molecule has 0 bridgehead atoms. The van der Waals surface area contributed by atoms with Crippen molar-refractivity contribution in [2.45, 2.75) is 156 Å². The van der Waals surface area contributed by atoms with Crippen molar-refractivity contribution in [1.82, 2.24) is 19.6 Å². The maximum Gasteiger partial charge on any atom is 0.226 e. The Morgan fingerprint density at radius 3 is 1.11 bits per heavy atom. The van der Waals surface area contributed by atoms with Gasteiger partial charge >= 0.3 is 0 Å². The van der Waals surface area contributed by atoms with E-state index in [0.717, 1.165) is 77.2 Å². The fraction of sp³-hybridized carbons (Fsp3) is 0.857. The van der Waals surface area contributed by atoms with Crippen molar-refractivity contribution in [2.75, 3.05) is 65.8 Å². The molecule has 0 aliphatic carbocycles. The van der Waals surface area contributed by atoms with Crippen LogP contribution in [0.15, 0.2) is 12.8 Å². The van der Waals surface area contributed by atoms with E-state index in [0.29, 0.717) is 65.1 Å². The molecule has 0 saturated carbocycles. The number of carbonyl (C=O) groups excluding carboxylic acids is 4. The molecule has 0 aromatic rings. The Morgan fingerprint density at radius 2 is 0.821 bits per heavy atom. The fourth-order valence-electron chi connectivity index (χ4n) is 6.87. The van der Waals surface area contributed by atoms with Gasteiger partial charge in [-0.25, -0.2) is 0 Å². The van der Waals surface area contributed by atoms with Gasteiger partial charge < -0.3 is 49.1 Å². The van der Waals surface area contributed by atoms with Gasteiger partial charge in [-0.3, -0.25) is 19.2 Å². The van der Waals surface area contributed by atoms with Gasteiger partial charge in [-0.1, -0.05) is 46.1 Å². The summed E-state index contributed by atoms with van der Waals surface area (Å²) in [5.74, 6) is 0.662. The Labute approximate surface area is 336 Å². The largest absolute Gasteiger partial charge is 0.396 e. The highest BCUT2D eigenvalue weighted by Crippen LogP contribution is 2.25. The zero-order valence-electron chi connectivity index (χ0n) is 35.4. The summed E-state index contributed by atoms with van der Waals surface area (Å²) in [6.07, 6.45) is 15.3. The Bertz CT molecular complexity index is 1080. The summed E-state index contributed by atoms with van der Waals surface area (Å²) in [6, 6.07) is 0. The van der Waals surface area contributed by atoms with Crippen molar-refractivity contribution in [3.63, 3.8) is 0 Å². The normalized spacial score (nSPS) is 21.9. The van der Waals surface area contributed by atoms with Crippen molar-refractivity contribution >= 4 is 23.6 Å². The van der Waals surface area contributed by atoms with Gasteiger partial charge in [0.15, 0.2) is 0 Å². The molecule has 4 amide bonds. The third kappa shape index (κ3) is 17.5. The second-order valence-corrected chi connectivity index (χ2v) is 16.6. The number of hydrogen-bond donors (Lipinski definition) is 3. The molecule has 14 heteroatoms. The third-order valence-electron chi connectivity index (χ3n) is 11.1. The first-order valence-corrected chi connectivity index (χ1v) is 21.2. The molecule has 56 heavy (non-hydrogen) atoms. The van der Waals surface area contributed by atoms with Crippen molar-refractivity contribution in [3.8, 4) is 0 Å². The van der Waals surface area contributed by atoms with Crippen LogP contribution in [-0.2, 0) is 33.4 Å². The number of aliphatic hydroxyl groups excluding tert-OH is 3. The van der Waals surface area contributed by atoms with Crippen LogP contribution in [0.25, 0.3) is 0 Å². The Balaban J connectivity index is 0.000000491. The molecule has 4 rings (SSSR count). The van der Waals surface area contributed by atoms with Gasteiger partial charge in [0, 0.05) is 62.7 Å². The molecule has 4 heterocycles. The number of likely N-dealkylation sites (tertiary alicyclic amines) is 4. The van der Waals surface area contributed by atoms with Gasteiger partial charge in [0.25, 0.3) is 0 Å². The van der Waals surface area contributed by atoms with Crippen LogP contribution in [0.4, 0.5) is 0 Å². The molecule has 0 spiro atoms. The lowest BCUT2D eigenvalue weighted by atomic mass is 9.94. The van der Waals surface area contributed by atoms with Crippen LogP contribution in [0.5, 0.6) is 0 Å². The fourth-order valence-corrected chi connectivity index (χ4v) is 6.87. The van der Waals surface area contributed by atoms with Crippen molar-refractivity contribution in [1.29, 1.82) is 0 Å². The highest BCUT2D eigenvalue weighted by molar-refractivity contribution is 5.78. The number of ether oxygens (including phenoxy) is 3. The summed E-state index contributed by atoms with van der Waals surface area (Å²) < 4.78 is 18.9. The molecular formula is C42H76N4O10. The summed E-state index contributed by atoms with van der Waals surface area (Å²) >= 11 is 0. The molecular weight excluding hydrogens is 720 g/mol. The van der Waals surface area contributed by atoms with Crippen LogP contribution in [0, 0.1) is 10.8 Å². The number of aliphatic hydroxyl groups is 3. The Kier molecular flexibility index (Phi) is 23.3. The maximum atomic E-state index is 12.6. The smallest absolute Gasteiger partial charge is 0.226 e. The molecule has 0 aromatic carbocycles. The van der Waals surface area contributed by atoms with E-state index in [4.69, 9.17) is 29.5 Å². The Morgan fingerprint density at radius 1 is 0.518 bits per heavy atom. The first-order valence-electron chi connectivity index (χ1n) is 21.2. The van der Waals surface area contributed by atoms with Crippen LogP contribution in [-0.4, -0.2) is 143 Å². The Hall–Kier alpha value is -2.62. The molecule has 3 atom stereocenters. The van der Waals surface area contributed by atoms with E-state index >= 15 is 0 Å². The molecule has 4 aliphatic heterocycles. The highest BCUT2D eigenvalue weighted by Gasteiger charge is 2.33. The zero-order chi connectivity index (χ0) is 41.6. The predicted octanol–water partition coefficient (Wildman–Crippen LogP) is 4.79. The van der Waals surface area contributed by atoms with Crippen LogP contribution in [0.2, 0.25) is 0 Å². The van der Waals surface area contributed by atoms with Crippen LogP contribution in [0.1, 0.15) is 137 Å². The van der Waals surface area contributed by atoms with E-state index in [9.17, 15) is 19.2 Å². The van der Waals surface area contributed by atoms with Gasteiger partial charge in [0.05, 0.1) is 39.6 Å². The molecule has 4 aliphatic rings. The predicted molar refractivity (Wildman–Crippen MR) is 215 cm³/mol. The summed E-state index contributed by atoms with van der Waals surface area (Å²) in [5, 5.41) is 25.4. The van der Waals surface area contributed by atoms with Gasteiger partial charge in [0.1, 0.15) is 18.7 Å². The lowest BCUT2D eigenvalue weighted by molar-refractivity contribution is -0.170. The minimum atomic E-state index is -0.708. The lowest BCUT2D eigenvalue weighted by Gasteiger charge is -2.37. The summed E-state index contributed by atoms with van der Waals surface area (Å²) in [5.41, 5.74) is -1.24. The minimum absolute atomic E-state index is 0.144. The van der Waals surface area contributed by atoms with E-state index in [-0.39, 0.29) is 62.1 Å². The second-order valence-electron chi connectivity index (χ2n) is 16.6. The summed E-state index contributed by atoms with van der Waals surface area (Å²) in [4.78, 5) is 56.1. The first-order chi connectivity index (χ1) is 26.7. The van der Waals surface area contributed by atoms with Crippen LogP contribution < -0.4 is 0 Å². The van der Waals surface area contributed by atoms with Crippen LogP contribution in [0.3, 0.4) is 0 Å². The molecule has 4 saturated heterocycles. The average Bonchev–Trinajstić information content (AvgIpc) is 3.74. The van der Waals surface area contributed by atoms with E-state index in [2.05, 4.69) is 13.5 Å². The van der Waals surface area contributed by atoms with Crippen molar-refractivity contribution in [2.24, 2.45) is 10.8 Å². The topological polar surface area (TPSA) is 170 Å². The second kappa shape index (κ2) is 26.4. The van der Waals surface area contributed by atoms with Gasteiger partial charge in [-0.2, -0.15) is 0 Å². The SMILES string of the molecule is C=CN1CCCCCC1=O.CC(CO)(CO)CO.CC(OCC(C)(COC(C)N1CCCCCC1=O)COC(C)N1CCCCCC1=O)N1CCCCCC1=O. The maximum absolute atomic E-state index is 12.6. The van der Waals surface area contributed by atoms with E-state index in [1.165, 1.54) is 6.42 Å². The summed E-state index contributed by atoms with van der Waals surface area (Å²) in [7, 11) is 0. The molecule has 4 fully saturated rings. The first kappa shape index (κ1) is 49.5.